The number of likely N-dealkylation sites (tertiary alicyclic amines) is 1. The van der Waals surface area contributed by atoms with Crippen LogP contribution in [0.1, 0.15) is 23.1 Å². The fraction of sp³-hybridized carbons (Fsp3) is 0.444. The molecule has 54 heavy (non-hydrogen) atoms. The van der Waals surface area contributed by atoms with E-state index in [1.807, 2.05) is 6.07 Å². The van der Waals surface area contributed by atoms with Crippen molar-refractivity contribution in [3.63, 3.8) is 0 Å². The van der Waals surface area contributed by atoms with Gasteiger partial charge in [-0.1, -0.05) is 17.7 Å². The van der Waals surface area contributed by atoms with Crippen molar-refractivity contribution in [1.29, 1.82) is 0 Å². The minimum Gasteiger partial charge on any atom is -0.497 e. The summed E-state index contributed by atoms with van der Waals surface area (Å²) in [4.78, 5) is 30.8. The van der Waals surface area contributed by atoms with Crippen molar-refractivity contribution in [3.8, 4) is 17.2 Å². The molecule has 2 fully saturated rings. The number of ether oxygens (including phenoxy) is 4. The number of aliphatic hydroxyl groups excluding tert-OH is 1. The summed E-state index contributed by atoms with van der Waals surface area (Å²) in [5, 5.41) is 14.0. The number of hydrogen-bond donors (Lipinski definition) is 2. The molecule has 0 aromatic heterocycles. The van der Waals surface area contributed by atoms with Crippen LogP contribution in [0.3, 0.4) is 0 Å². The Morgan fingerprint density at radius 3 is 2.43 bits per heavy atom. The topological polar surface area (TPSA) is 144 Å². The first kappa shape index (κ1) is 39.6. The van der Waals surface area contributed by atoms with E-state index in [9.17, 15) is 31.5 Å². The fourth-order valence-corrected chi connectivity index (χ4v) is 9.82. The van der Waals surface area contributed by atoms with Gasteiger partial charge in [-0.2, -0.15) is 4.31 Å². The molecule has 3 aromatic rings. The van der Waals surface area contributed by atoms with Crippen molar-refractivity contribution >= 4 is 39.1 Å². The van der Waals surface area contributed by atoms with Gasteiger partial charge < -0.3 is 29.4 Å². The lowest BCUT2D eigenvalue weighted by molar-refractivity contribution is -0.953. The Morgan fingerprint density at radius 1 is 1.06 bits per heavy atom. The number of benzene rings is 3. The van der Waals surface area contributed by atoms with E-state index in [1.165, 1.54) is 39.5 Å². The fourth-order valence-electron chi connectivity index (χ4n) is 8.08. The number of quaternary nitrogens is 1. The summed E-state index contributed by atoms with van der Waals surface area (Å²) in [5.41, 5.74) is -1.46. The second-order valence-electron chi connectivity index (χ2n) is 13.5. The highest BCUT2D eigenvalue weighted by Gasteiger charge is 2.72. The van der Waals surface area contributed by atoms with Gasteiger partial charge in [0.05, 0.1) is 51.3 Å². The van der Waals surface area contributed by atoms with E-state index < -0.39 is 61.0 Å². The predicted octanol–water partition coefficient (Wildman–Crippen LogP) is 3.44. The molecule has 3 aromatic carbocycles. The molecule has 2 N–H and O–H groups in total. The number of amides is 2. The van der Waals surface area contributed by atoms with Crippen LogP contribution in [-0.2, 0) is 36.3 Å². The average molecular weight is 798 g/mol. The van der Waals surface area contributed by atoms with Crippen molar-refractivity contribution in [2.75, 3.05) is 72.0 Å². The molecule has 3 aliphatic rings. The summed E-state index contributed by atoms with van der Waals surface area (Å²) >= 11 is 6.62. The molecule has 0 aliphatic carbocycles. The molecule has 0 bridgehead atoms. The molecule has 3 heterocycles. The van der Waals surface area contributed by atoms with E-state index in [4.69, 9.17) is 25.8 Å². The van der Waals surface area contributed by atoms with Crippen LogP contribution in [0.5, 0.6) is 17.2 Å². The third-order valence-corrected chi connectivity index (χ3v) is 12.5. The van der Waals surface area contributed by atoms with Crippen LogP contribution in [0, 0.1) is 0 Å². The number of nitrogens with zero attached hydrogens (tertiary/aromatic N) is 3. The highest BCUT2D eigenvalue weighted by atomic mass is 35.5. The van der Waals surface area contributed by atoms with Crippen LogP contribution in [0.2, 0.25) is 5.02 Å². The molecule has 292 valence electrons. The van der Waals surface area contributed by atoms with Crippen molar-refractivity contribution < 1.29 is 59.7 Å². The third kappa shape index (κ3) is 6.74. The number of rotatable bonds is 11. The molecule has 2 amide bonds. The maximum Gasteiger partial charge on any atom is 0.573 e. The molecule has 2 saturated heterocycles. The zero-order valence-electron chi connectivity index (χ0n) is 30.0. The molecule has 4 atom stereocenters. The number of methoxy groups -OCH3 is 2. The van der Waals surface area contributed by atoms with E-state index in [-0.39, 0.29) is 46.3 Å². The Morgan fingerprint density at radius 2 is 1.78 bits per heavy atom. The number of halogens is 4. The van der Waals surface area contributed by atoms with Crippen LogP contribution < -0.4 is 23.8 Å². The van der Waals surface area contributed by atoms with Gasteiger partial charge in [-0.15, -0.1) is 13.2 Å². The van der Waals surface area contributed by atoms with Gasteiger partial charge in [0.25, 0.3) is 15.9 Å². The van der Waals surface area contributed by atoms with Crippen molar-refractivity contribution in [3.05, 3.63) is 76.3 Å². The number of carbonyl (C=O) groups excluding carboxylic acids is 2. The Bertz CT molecular complexity index is 2050. The molecule has 0 spiro atoms. The van der Waals surface area contributed by atoms with E-state index in [0.29, 0.717) is 30.5 Å². The van der Waals surface area contributed by atoms with Crippen LogP contribution in [0.15, 0.2) is 59.5 Å². The standard InChI is InChI=1S/C36H40ClF3N4O9S/c1-41-33(46)29-19-24(45)21-44(29,2)35(27-17-22(5-9-30(27)51-4)11-12-42-13-15-52-16-14-42)26-18-23(37)6-8-28(26)43(34(35)47)54(48,49)32-10-7-25(50-3)20-31(32)53-36(38,39)40/h5-10,17-18,20,24,29,45H,11-16,19,21H2,1-4H3/p+1/t24-,29+,35?,44?/m1/s1. The molecule has 2 unspecified atom stereocenters. The Labute approximate surface area is 315 Å². The van der Waals surface area contributed by atoms with Gasteiger partial charge in [-0.05, 0) is 54.4 Å². The molecular formula is C36H41ClF3N4O9S+. The van der Waals surface area contributed by atoms with Gasteiger partial charge in [0, 0.05) is 44.2 Å². The number of fused-ring (bicyclic) bond motifs is 1. The summed E-state index contributed by atoms with van der Waals surface area (Å²) < 4.78 is 91.4. The van der Waals surface area contributed by atoms with Gasteiger partial charge in [-0.3, -0.25) is 19.0 Å². The first-order valence-electron chi connectivity index (χ1n) is 17.1. The number of aliphatic hydroxyl groups is 1. The summed E-state index contributed by atoms with van der Waals surface area (Å²) in [6.07, 6.45) is -6.05. The molecule has 0 saturated carbocycles. The predicted molar refractivity (Wildman–Crippen MR) is 190 cm³/mol. The molecule has 13 nitrogen and oxygen atoms in total. The zero-order valence-corrected chi connectivity index (χ0v) is 31.6. The van der Waals surface area contributed by atoms with Crippen molar-refractivity contribution in [2.45, 2.75) is 41.8 Å². The van der Waals surface area contributed by atoms with E-state index >= 15 is 4.79 Å². The minimum atomic E-state index is -5.32. The van der Waals surface area contributed by atoms with Gasteiger partial charge in [0.2, 0.25) is 5.54 Å². The van der Waals surface area contributed by atoms with E-state index in [0.717, 1.165) is 36.9 Å². The number of anilines is 1. The molecule has 18 heteroatoms. The SMILES string of the molecule is CNC(=O)[C@@H]1C[C@@H](O)C[N+]1(C)C1(c2cc(CCN3CCOCC3)ccc2OC)C(=O)N(S(=O)(=O)c2ccc(OC)cc2OC(F)(F)F)c2ccc(Cl)cc21. The summed E-state index contributed by atoms with van der Waals surface area (Å²) in [7, 11) is 0.267. The maximum absolute atomic E-state index is 15.8. The number of carbonyl (C=O) groups is 2. The maximum atomic E-state index is 15.8. The summed E-state index contributed by atoms with van der Waals surface area (Å²) in [6, 6.07) is 10.8. The average Bonchev–Trinajstić information content (AvgIpc) is 3.59. The van der Waals surface area contributed by atoms with Gasteiger partial charge in [0.1, 0.15) is 29.0 Å². The zero-order chi connectivity index (χ0) is 39.2. The first-order valence-corrected chi connectivity index (χ1v) is 18.9. The minimum absolute atomic E-state index is 0.0320. The monoisotopic (exact) mass is 797 g/mol. The highest BCUT2D eigenvalue weighted by molar-refractivity contribution is 7.93. The van der Waals surface area contributed by atoms with E-state index in [2.05, 4.69) is 15.0 Å². The lowest BCUT2D eigenvalue weighted by Crippen LogP contribution is -2.69. The van der Waals surface area contributed by atoms with Crippen LogP contribution in [0.25, 0.3) is 0 Å². The molecule has 6 rings (SSSR count). The molecular weight excluding hydrogens is 757 g/mol. The Balaban J connectivity index is 1.65. The molecule has 3 aliphatic heterocycles. The smallest absolute Gasteiger partial charge is 0.497 e. The van der Waals surface area contributed by atoms with Crippen molar-refractivity contribution in [2.24, 2.45) is 0 Å². The van der Waals surface area contributed by atoms with Crippen LogP contribution >= 0.6 is 11.6 Å². The lowest BCUT2D eigenvalue weighted by Gasteiger charge is -2.48. The van der Waals surface area contributed by atoms with Gasteiger partial charge in [-0.25, -0.2) is 8.42 Å². The normalized spacial score (nSPS) is 24.7. The largest absolute Gasteiger partial charge is 0.573 e. The van der Waals surface area contributed by atoms with Crippen molar-refractivity contribution in [1.82, 2.24) is 10.2 Å². The number of alkyl halides is 3. The second kappa shape index (κ2) is 14.8. The van der Waals surface area contributed by atoms with Gasteiger partial charge in [0.15, 0.2) is 11.8 Å². The quantitative estimate of drug-likeness (QED) is 0.277. The van der Waals surface area contributed by atoms with E-state index in [1.54, 1.807) is 19.2 Å². The van der Waals surface area contributed by atoms with Crippen LogP contribution in [0.4, 0.5) is 18.9 Å². The Kier molecular flexibility index (Phi) is 10.9. The second-order valence-corrected chi connectivity index (χ2v) is 15.7. The number of likely N-dealkylation sites (N-methyl/N-ethyl adjacent to an activating group) is 2. The summed E-state index contributed by atoms with van der Waals surface area (Å²) in [5.74, 6) is -2.79. The lowest BCUT2D eigenvalue weighted by atomic mass is 9.78. The molecule has 0 radical (unpaired) electrons. The number of nitrogens with one attached hydrogen (secondary N) is 1. The third-order valence-electron chi connectivity index (χ3n) is 10.5. The first-order chi connectivity index (χ1) is 25.5. The number of hydrogen-bond acceptors (Lipinski definition) is 10. The Hall–Kier alpha value is -4.13. The van der Waals surface area contributed by atoms with Gasteiger partial charge >= 0.3 is 12.3 Å². The highest BCUT2D eigenvalue weighted by Crippen LogP contribution is 2.58. The number of sulfonamides is 1. The summed E-state index contributed by atoms with van der Waals surface area (Å²) in [6.45, 7) is 3.01. The van der Waals surface area contributed by atoms with Crippen LogP contribution in [-0.4, -0.2) is 121 Å². The number of morpholine rings is 1.